The molecule has 1 aromatic rings. The SMILES string of the molecule is CCCN(CCO)c1cc(C)c(N)c(C(=O)O)c1. The largest absolute Gasteiger partial charge is 0.478 e. The summed E-state index contributed by atoms with van der Waals surface area (Å²) in [6, 6.07) is 3.42. The van der Waals surface area contributed by atoms with Gasteiger partial charge in [0.1, 0.15) is 0 Å². The highest BCUT2D eigenvalue weighted by molar-refractivity contribution is 5.95. The Kier molecular flexibility index (Phi) is 4.97. The van der Waals surface area contributed by atoms with Crippen molar-refractivity contribution in [2.24, 2.45) is 0 Å². The smallest absolute Gasteiger partial charge is 0.337 e. The number of carbonyl (C=O) groups is 1. The minimum Gasteiger partial charge on any atom is -0.478 e. The third-order valence-corrected chi connectivity index (χ3v) is 2.83. The van der Waals surface area contributed by atoms with E-state index in [0.29, 0.717) is 12.2 Å². The average molecular weight is 252 g/mol. The highest BCUT2D eigenvalue weighted by atomic mass is 16.4. The summed E-state index contributed by atoms with van der Waals surface area (Å²) in [5, 5.41) is 18.2. The van der Waals surface area contributed by atoms with Crippen LogP contribution in [0.2, 0.25) is 0 Å². The number of rotatable bonds is 6. The van der Waals surface area contributed by atoms with E-state index >= 15 is 0 Å². The summed E-state index contributed by atoms with van der Waals surface area (Å²) in [7, 11) is 0. The molecule has 1 rings (SSSR count). The van der Waals surface area contributed by atoms with Crippen molar-refractivity contribution in [1.82, 2.24) is 0 Å². The van der Waals surface area contributed by atoms with Crippen LogP contribution >= 0.6 is 0 Å². The Bertz CT molecular complexity index is 426. The van der Waals surface area contributed by atoms with E-state index in [9.17, 15) is 4.79 Å². The minimum absolute atomic E-state index is 0.0336. The van der Waals surface area contributed by atoms with E-state index in [1.807, 2.05) is 17.9 Å². The third kappa shape index (κ3) is 3.13. The molecule has 0 amide bonds. The number of hydrogen-bond donors (Lipinski definition) is 3. The van der Waals surface area contributed by atoms with Crippen LogP contribution < -0.4 is 10.6 Å². The van der Waals surface area contributed by atoms with Crippen molar-refractivity contribution < 1.29 is 15.0 Å². The van der Waals surface area contributed by atoms with E-state index < -0.39 is 5.97 Å². The Morgan fingerprint density at radius 3 is 2.56 bits per heavy atom. The fraction of sp³-hybridized carbons (Fsp3) is 0.462. The highest BCUT2D eigenvalue weighted by Crippen LogP contribution is 2.25. The molecule has 18 heavy (non-hydrogen) atoms. The Balaban J connectivity index is 3.18. The van der Waals surface area contributed by atoms with Crippen LogP contribution in [0.4, 0.5) is 11.4 Å². The second-order valence-corrected chi connectivity index (χ2v) is 4.24. The lowest BCUT2D eigenvalue weighted by Gasteiger charge is -2.24. The van der Waals surface area contributed by atoms with Crippen molar-refractivity contribution in [3.8, 4) is 0 Å². The number of carboxylic acids is 1. The van der Waals surface area contributed by atoms with Gasteiger partial charge in [-0.3, -0.25) is 0 Å². The van der Waals surface area contributed by atoms with E-state index in [4.69, 9.17) is 15.9 Å². The maximum absolute atomic E-state index is 11.1. The zero-order chi connectivity index (χ0) is 13.7. The number of hydrogen-bond acceptors (Lipinski definition) is 4. The summed E-state index contributed by atoms with van der Waals surface area (Å²) >= 11 is 0. The van der Waals surface area contributed by atoms with Crippen LogP contribution in [0.25, 0.3) is 0 Å². The van der Waals surface area contributed by atoms with E-state index in [0.717, 1.165) is 24.2 Å². The van der Waals surface area contributed by atoms with Crippen molar-refractivity contribution in [2.75, 3.05) is 30.3 Å². The quantitative estimate of drug-likeness (QED) is 0.668. The molecule has 0 saturated heterocycles. The Morgan fingerprint density at radius 2 is 2.06 bits per heavy atom. The summed E-state index contributed by atoms with van der Waals surface area (Å²) in [5.41, 5.74) is 7.69. The van der Waals surface area contributed by atoms with Gasteiger partial charge < -0.3 is 20.8 Å². The van der Waals surface area contributed by atoms with Gasteiger partial charge in [0.15, 0.2) is 0 Å². The number of aromatic carboxylic acids is 1. The Morgan fingerprint density at radius 1 is 1.39 bits per heavy atom. The van der Waals surface area contributed by atoms with E-state index in [1.165, 1.54) is 0 Å². The average Bonchev–Trinajstić information content (AvgIpc) is 2.32. The van der Waals surface area contributed by atoms with E-state index in [-0.39, 0.29) is 12.2 Å². The summed E-state index contributed by atoms with van der Waals surface area (Å²) in [6.45, 7) is 5.10. The van der Waals surface area contributed by atoms with Gasteiger partial charge in [0.2, 0.25) is 0 Å². The molecule has 0 aliphatic heterocycles. The van der Waals surface area contributed by atoms with Gasteiger partial charge in [0.25, 0.3) is 0 Å². The van der Waals surface area contributed by atoms with Gasteiger partial charge in [-0.25, -0.2) is 4.79 Å². The van der Waals surface area contributed by atoms with Gasteiger partial charge >= 0.3 is 5.97 Å². The Labute approximate surface area is 107 Å². The summed E-state index contributed by atoms with van der Waals surface area (Å²) in [6.07, 6.45) is 0.922. The molecule has 0 unspecified atom stereocenters. The molecule has 0 aliphatic carbocycles. The fourth-order valence-electron chi connectivity index (χ4n) is 1.90. The van der Waals surface area contributed by atoms with Gasteiger partial charge in [-0.15, -0.1) is 0 Å². The zero-order valence-corrected chi connectivity index (χ0v) is 10.8. The second-order valence-electron chi connectivity index (χ2n) is 4.24. The van der Waals surface area contributed by atoms with Crippen molar-refractivity contribution >= 4 is 17.3 Å². The first kappa shape index (κ1) is 14.3. The van der Waals surface area contributed by atoms with E-state index in [2.05, 4.69) is 0 Å². The van der Waals surface area contributed by atoms with Crippen molar-refractivity contribution in [2.45, 2.75) is 20.3 Å². The molecule has 5 heteroatoms. The predicted octanol–water partition coefficient (Wildman–Crippen LogP) is 1.48. The minimum atomic E-state index is -1.03. The molecule has 0 radical (unpaired) electrons. The van der Waals surface area contributed by atoms with Gasteiger partial charge in [0, 0.05) is 24.5 Å². The molecule has 4 N–H and O–H groups in total. The van der Waals surface area contributed by atoms with Crippen LogP contribution in [-0.4, -0.2) is 35.9 Å². The van der Waals surface area contributed by atoms with Gasteiger partial charge in [-0.2, -0.15) is 0 Å². The molecule has 0 bridgehead atoms. The summed E-state index contributed by atoms with van der Waals surface area (Å²) < 4.78 is 0. The first-order valence-corrected chi connectivity index (χ1v) is 6.00. The molecule has 1 aromatic carbocycles. The molecule has 0 saturated carbocycles. The number of anilines is 2. The number of nitrogen functional groups attached to an aromatic ring is 1. The number of nitrogens with two attached hydrogens (primary N) is 1. The van der Waals surface area contributed by atoms with Crippen LogP contribution in [0.3, 0.4) is 0 Å². The molecular weight excluding hydrogens is 232 g/mol. The second kappa shape index (κ2) is 6.26. The third-order valence-electron chi connectivity index (χ3n) is 2.83. The van der Waals surface area contributed by atoms with Crippen molar-refractivity contribution in [1.29, 1.82) is 0 Å². The number of aliphatic hydroxyl groups excluding tert-OH is 1. The number of benzene rings is 1. The molecule has 5 nitrogen and oxygen atoms in total. The van der Waals surface area contributed by atoms with Gasteiger partial charge in [-0.1, -0.05) is 6.92 Å². The summed E-state index contributed by atoms with van der Waals surface area (Å²) in [4.78, 5) is 13.1. The first-order chi connectivity index (χ1) is 8.51. The zero-order valence-electron chi connectivity index (χ0n) is 10.8. The lowest BCUT2D eigenvalue weighted by atomic mass is 10.1. The first-order valence-electron chi connectivity index (χ1n) is 6.00. The topological polar surface area (TPSA) is 86.8 Å². The monoisotopic (exact) mass is 252 g/mol. The number of aryl methyl sites for hydroxylation is 1. The maximum Gasteiger partial charge on any atom is 0.337 e. The van der Waals surface area contributed by atoms with Gasteiger partial charge in [0.05, 0.1) is 12.2 Å². The normalized spacial score (nSPS) is 10.4. The fourth-order valence-corrected chi connectivity index (χ4v) is 1.90. The number of nitrogens with zero attached hydrogens (tertiary/aromatic N) is 1. The summed E-state index contributed by atoms with van der Waals surface area (Å²) in [5.74, 6) is -1.03. The molecular formula is C13H20N2O3. The van der Waals surface area contributed by atoms with Crippen LogP contribution in [0.5, 0.6) is 0 Å². The molecule has 0 atom stereocenters. The molecule has 0 fully saturated rings. The molecule has 0 aromatic heterocycles. The van der Waals surface area contributed by atoms with E-state index in [1.54, 1.807) is 13.0 Å². The van der Waals surface area contributed by atoms with Gasteiger partial charge in [-0.05, 0) is 31.0 Å². The lowest BCUT2D eigenvalue weighted by Crippen LogP contribution is -2.27. The maximum atomic E-state index is 11.1. The van der Waals surface area contributed by atoms with Crippen LogP contribution in [0.15, 0.2) is 12.1 Å². The molecule has 0 aliphatic rings. The number of aliphatic hydroxyl groups is 1. The van der Waals surface area contributed by atoms with Crippen LogP contribution in [0.1, 0.15) is 29.3 Å². The van der Waals surface area contributed by atoms with Crippen molar-refractivity contribution in [3.63, 3.8) is 0 Å². The van der Waals surface area contributed by atoms with Crippen LogP contribution in [-0.2, 0) is 0 Å². The van der Waals surface area contributed by atoms with Crippen LogP contribution in [0, 0.1) is 6.92 Å². The lowest BCUT2D eigenvalue weighted by molar-refractivity contribution is 0.0698. The Hall–Kier alpha value is -1.75. The standard InChI is InChI=1S/C13H20N2O3/c1-3-4-15(5-6-16)10-7-9(2)12(14)11(8-10)13(17)18/h7-8,16H,3-6,14H2,1-2H3,(H,17,18). The van der Waals surface area contributed by atoms with Crippen molar-refractivity contribution in [3.05, 3.63) is 23.3 Å². The highest BCUT2D eigenvalue weighted by Gasteiger charge is 2.14. The molecule has 0 heterocycles. The molecule has 100 valence electrons. The number of carboxylic acid groups (broad SMARTS) is 1. The predicted molar refractivity (Wildman–Crippen MR) is 72.1 cm³/mol. The molecule has 0 spiro atoms.